The second-order valence-corrected chi connectivity index (χ2v) is 6.35. The summed E-state index contributed by atoms with van der Waals surface area (Å²) in [5, 5.41) is 3.66. The third kappa shape index (κ3) is 3.07. The molecule has 2 rings (SSSR count). The van der Waals surface area contributed by atoms with Crippen LogP contribution in [0.1, 0.15) is 60.9 Å². The van der Waals surface area contributed by atoms with Crippen LogP contribution in [-0.2, 0) is 4.74 Å². The summed E-state index contributed by atoms with van der Waals surface area (Å²) in [6, 6.07) is 5.08. The molecule has 0 aliphatic heterocycles. The number of hydrogen-bond donors (Lipinski definition) is 1. The summed E-state index contributed by atoms with van der Waals surface area (Å²) in [4.78, 5) is 0. The molecule has 0 saturated heterocycles. The number of aryl methyl sites for hydroxylation is 3. The van der Waals surface area contributed by atoms with Crippen molar-refractivity contribution in [3.8, 4) is 0 Å². The maximum Gasteiger partial charge on any atom is 0.0697 e. The van der Waals surface area contributed by atoms with Gasteiger partial charge in [0.05, 0.1) is 5.60 Å². The molecular weight excluding hydrogens is 246 g/mol. The molecule has 0 spiro atoms. The Balaban J connectivity index is 2.26. The number of rotatable bonds is 6. The van der Waals surface area contributed by atoms with E-state index in [1.54, 1.807) is 0 Å². The van der Waals surface area contributed by atoms with E-state index in [-0.39, 0.29) is 5.60 Å². The van der Waals surface area contributed by atoms with Crippen molar-refractivity contribution in [3.63, 3.8) is 0 Å². The van der Waals surface area contributed by atoms with Crippen molar-refractivity contribution >= 4 is 0 Å². The Morgan fingerprint density at radius 1 is 1.15 bits per heavy atom. The lowest BCUT2D eigenvalue weighted by Crippen LogP contribution is -2.43. The molecule has 20 heavy (non-hydrogen) atoms. The largest absolute Gasteiger partial charge is 0.378 e. The van der Waals surface area contributed by atoms with E-state index < -0.39 is 0 Å². The van der Waals surface area contributed by atoms with Gasteiger partial charge in [-0.2, -0.15) is 0 Å². The van der Waals surface area contributed by atoms with E-state index in [0.717, 1.165) is 13.0 Å². The molecule has 1 N–H and O–H groups in total. The minimum atomic E-state index is 0.109. The van der Waals surface area contributed by atoms with Crippen LogP contribution < -0.4 is 5.32 Å². The molecule has 1 atom stereocenters. The van der Waals surface area contributed by atoms with E-state index in [1.165, 1.54) is 41.5 Å². The molecular formula is C18H29NO. The molecule has 2 heteroatoms. The molecule has 1 aromatic rings. The smallest absolute Gasteiger partial charge is 0.0697 e. The fraction of sp³-hybridized carbons (Fsp3) is 0.667. The maximum atomic E-state index is 5.83. The lowest BCUT2D eigenvalue weighted by molar-refractivity contribution is -0.0837. The zero-order valence-corrected chi connectivity index (χ0v) is 13.7. The molecule has 1 aromatic carbocycles. The van der Waals surface area contributed by atoms with Gasteiger partial charge in [-0.3, -0.25) is 0 Å². The molecule has 1 saturated carbocycles. The van der Waals surface area contributed by atoms with E-state index >= 15 is 0 Å². The van der Waals surface area contributed by atoms with Crippen molar-refractivity contribution in [2.24, 2.45) is 0 Å². The second-order valence-electron chi connectivity index (χ2n) is 6.35. The number of hydrogen-bond acceptors (Lipinski definition) is 2. The third-order valence-electron chi connectivity index (χ3n) is 4.98. The standard InChI is InChI=1S/C18H29NO/c1-6-19-17(12-18(20-5)8-7-9-18)16-11-14(3)13(2)10-15(16)4/h10-11,17,19H,6-9,12H2,1-5H3. The van der Waals surface area contributed by atoms with Crippen LogP contribution in [0.4, 0.5) is 0 Å². The number of methoxy groups -OCH3 is 1. The van der Waals surface area contributed by atoms with Gasteiger partial charge in [0.15, 0.2) is 0 Å². The Kier molecular flexibility index (Phi) is 4.87. The van der Waals surface area contributed by atoms with Crippen molar-refractivity contribution in [1.29, 1.82) is 0 Å². The predicted molar refractivity (Wildman–Crippen MR) is 85.3 cm³/mol. The zero-order chi connectivity index (χ0) is 14.8. The molecule has 2 nitrogen and oxygen atoms in total. The second kappa shape index (κ2) is 6.28. The van der Waals surface area contributed by atoms with Gasteiger partial charge in [0.2, 0.25) is 0 Å². The molecule has 0 heterocycles. The summed E-state index contributed by atoms with van der Waals surface area (Å²) < 4.78 is 5.83. The van der Waals surface area contributed by atoms with Crippen LogP contribution in [0.25, 0.3) is 0 Å². The van der Waals surface area contributed by atoms with Crippen molar-refractivity contribution in [2.75, 3.05) is 13.7 Å². The van der Waals surface area contributed by atoms with Crippen LogP contribution in [0.2, 0.25) is 0 Å². The summed E-state index contributed by atoms with van der Waals surface area (Å²) in [6.45, 7) is 9.81. The predicted octanol–water partition coefficient (Wildman–Crippen LogP) is 4.22. The van der Waals surface area contributed by atoms with E-state index in [1.807, 2.05) is 7.11 Å². The normalized spacial score (nSPS) is 18.6. The average molecular weight is 275 g/mol. The van der Waals surface area contributed by atoms with Crippen LogP contribution >= 0.6 is 0 Å². The van der Waals surface area contributed by atoms with Gasteiger partial charge in [-0.1, -0.05) is 19.1 Å². The third-order valence-corrected chi connectivity index (χ3v) is 4.98. The quantitative estimate of drug-likeness (QED) is 0.839. The molecule has 1 aliphatic rings. The first-order chi connectivity index (χ1) is 9.51. The summed E-state index contributed by atoms with van der Waals surface area (Å²) in [6.07, 6.45) is 4.80. The summed E-state index contributed by atoms with van der Waals surface area (Å²) >= 11 is 0. The van der Waals surface area contributed by atoms with Crippen molar-refractivity contribution in [3.05, 3.63) is 34.4 Å². The van der Waals surface area contributed by atoms with Crippen LogP contribution in [-0.4, -0.2) is 19.3 Å². The number of nitrogens with one attached hydrogen (secondary N) is 1. The van der Waals surface area contributed by atoms with Crippen LogP contribution in [0.15, 0.2) is 12.1 Å². The molecule has 112 valence electrons. The van der Waals surface area contributed by atoms with Gasteiger partial charge >= 0.3 is 0 Å². The van der Waals surface area contributed by atoms with E-state index in [2.05, 4.69) is 45.1 Å². The van der Waals surface area contributed by atoms with Crippen LogP contribution in [0, 0.1) is 20.8 Å². The maximum absolute atomic E-state index is 5.83. The van der Waals surface area contributed by atoms with Gasteiger partial charge in [0, 0.05) is 13.2 Å². The molecule has 0 aromatic heterocycles. The van der Waals surface area contributed by atoms with Crippen molar-refractivity contribution in [1.82, 2.24) is 5.32 Å². The highest BCUT2D eigenvalue weighted by molar-refractivity contribution is 5.38. The van der Waals surface area contributed by atoms with Crippen molar-refractivity contribution in [2.45, 2.75) is 65.0 Å². The fourth-order valence-corrected chi connectivity index (χ4v) is 3.33. The van der Waals surface area contributed by atoms with Gasteiger partial charge in [0.25, 0.3) is 0 Å². The lowest BCUT2D eigenvalue weighted by Gasteiger charge is -2.43. The highest BCUT2D eigenvalue weighted by atomic mass is 16.5. The van der Waals surface area contributed by atoms with E-state index in [9.17, 15) is 0 Å². The topological polar surface area (TPSA) is 21.3 Å². The molecule has 1 fully saturated rings. The van der Waals surface area contributed by atoms with Crippen LogP contribution in [0.5, 0.6) is 0 Å². The molecule has 0 bridgehead atoms. The molecule has 0 amide bonds. The minimum absolute atomic E-state index is 0.109. The van der Waals surface area contributed by atoms with Crippen molar-refractivity contribution < 1.29 is 4.74 Å². The van der Waals surface area contributed by atoms with Gasteiger partial charge in [-0.15, -0.1) is 0 Å². The first-order valence-electron chi connectivity index (χ1n) is 7.87. The van der Waals surface area contributed by atoms with Gasteiger partial charge in [0.1, 0.15) is 0 Å². The van der Waals surface area contributed by atoms with Gasteiger partial charge in [-0.25, -0.2) is 0 Å². The Hall–Kier alpha value is -0.860. The minimum Gasteiger partial charge on any atom is -0.378 e. The fourth-order valence-electron chi connectivity index (χ4n) is 3.33. The SMILES string of the molecule is CCNC(CC1(OC)CCC1)c1cc(C)c(C)cc1C. The summed E-state index contributed by atoms with van der Waals surface area (Å²) in [5.41, 5.74) is 5.71. The Labute approximate surface area is 123 Å². The zero-order valence-electron chi connectivity index (χ0n) is 13.7. The summed E-state index contributed by atoms with van der Waals surface area (Å²) in [5.74, 6) is 0. The van der Waals surface area contributed by atoms with Gasteiger partial charge in [-0.05, 0) is 75.3 Å². The molecule has 1 unspecified atom stereocenters. The lowest BCUT2D eigenvalue weighted by atomic mass is 9.74. The highest BCUT2D eigenvalue weighted by Gasteiger charge is 2.39. The van der Waals surface area contributed by atoms with E-state index in [4.69, 9.17) is 4.74 Å². The number of benzene rings is 1. The Morgan fingerprint density at radius 3 is 2.30 bits per heavy atom. The van der Waals surface area contributed by atoms with Crippen LogP contribution in [0.3, 0.4) is 0 Å². The first-order valence-corrected chi connectivity index (χ1v) is 7.87. The first kappa shape index (κ1) is 15.5. The summed E-state index contributed by atoms with van der Waals surface area (Å²) in [7, 11) is 1.87. The monoisotopic (exact) mass is 275 g/mol. The molecule has 0 radical (unpaired) electrons. The number of ether oxygens (including phenoxy) is 1. The van der Waals surface area contributed by atoms with E-state index in [0.29, 0.717) is 6.04 Å². The average Bonchev–Trinajstić information content (AvgIpc) is 2.37. The Bertz CT molecular complexity index is 457. The highest BCUT2D eigenvalue weighted by Crippen LogP contribution is 2.42. The Morgan fingerprint density at radius 2 is 1.80 bits per heavy atom. The molecule has 1 aliphatic carbocycles. The van der Waals surface area contributed by atoms with Gasteiger partial charge < -0.3 is 10.1 Å².